The second kappa shape index (κ2) is 8.63. The molecule has 1 fully saturated rings. The van der Waals surface area contributed by atoms with Crippen molar-refractivity contribution in [3.8, 4) is 0 Å². The van der Waals surface area contributed by atoms with Crippen LogP contribution in [0, 0.1) is 0 Å². The van der Waals surface area contributed by atoms with Gasteiger partial charge in [-0.25, -0.2) is 0 Å². The zero-order valence-electron chi connectivity index (χ0n) is 15.1. The Labute approximate surface area is 154 Å². The maximum atomic E-state index is 12.9. The van der Waals surface area contributed by atoms with Crippen LogP contribution in [0.25, 0.3) is 0 Å². The zero-order valence-corrected chi connectivity index (χ0v) is 15.1. The molecule has 0 bridgehead atoms. The summed E-state index contributed by atoms with van der Waals surface area (Å²) in [5, 5.41) is 5.79. The summed E-state index contributed by atoms with van der Waals surface area (Å²) < 4.78 is 0. The van der Waals surface area contributed by atoms with Gasteiger partial charge in [0.25, 0.3) is 5.91 Å². The first-order valence-electron chi connectivity index (χ1n) is 9.09. The number of rotatable bonds is 6. The van der Waals surface area contributed by atoms with E-state index in [1.807, 2.05) is 30.1 Å². The number of nitrogens with one attached hydrogen (secondary N) is 2. The summed E-state index contributed by atoms with van der Waals surface area (Å²) in [7, 11) is 1.81. The molecule has 5 nitrogen and oxygen atoms in total. The maximum absolute atomic E-state index is 12.9. The average molecular weight is 351 g/mol. The van der Waals surface area contributed by atoms with Gasteiger partial charge in [0.05, 0.1) is 6.04 Å². The lowest BCUT2D eigenvalue weighted by atomic mass is 10.0. The molecule has 1 saturated heterocycles. The summed E-state index contributed by atoms with van der Waals surface area (Å²) in [5.41, 5.74) is 2.55. The van der Waals surface area contributed by atoms with Crippen LogP contribution >= 0.6 is 0 Å². The number of hydrogen-bond donors (Lipinski definition) is 2. The van der Waals surface area contributed by atoms with Gasteiger partial charge in [-0.1, -0.05) is 30.3 Å². The third-order valence-electron chi connectivity index (χ3n) is 4.72. The molecule has 0 radical (unpaired) electrons. The molecule has 5 heteroatoms. The van der Waals surface area contributed by atoms with Gasteiger partial charge in [-0.05, 0) is 49.7 Å². The summed E-state index contributed by atoms with van der Waals surface area (Å²) in [4.78, 5) is 26.7. The van der Waals surface area contributed by atoms with E-state index in [1.54, 1.807) is 24.3 Å². The van der Waals surface area contributed by atoms with Crippen LogP contribution in [0.15, 0.2) is 54.6 Å². The van der Waals surface area contributed by atoms with Crippen molar-refractivity contribution in [3.05, 3.63) is 65.7 Å². The van der Waals surface area contributed by atoms with Crippen LogP contribution in [0.5, 0.6) is 0 Å². The Morgan fingerprint density at radius 1 is 1.08 bits per heavy atom. The van der Waals surface area contributed by atoms with Crippen molar-refractivity contribution in [3.63, 3.8) is 0 Å². The number of nitrogens with zero attached hydrogens (tertiary/aromatic N) is 1. The van der Waals surface area contributed by atoms with Crippen molar-refractivity contribution in [2.75, 3.05) is 25.5 Å². The predicted octanol–water partition coefficient (Wildman–Crippen LogP) is 3.21. The molecule has 2 amide bonds. The number of likely N-dealkylation sites (tertiary alicyclic amines) is 1. The molecular weight excluding hydrogens is 326 g/mol. The molecule has 136 valence electrons. The predicted molar refractivity (Wildman–Crippen MR) is 103 cm³/mol. The Bertz CT molecular complexity index is 744. The highest BCUT2D eigenvalue weighted by atomic mass is 16.2. The van der Waals surface area contributed by atoms with Crippen LogP contribution in [-0.2, 0) is 4.79 Å². The van der Waals surface area contributed by atoms with E-state index >= 15 is 0 Å². The lowest BCUT2D eigenvalue weighted by Gasteiger charge is -2.25. The third-order valence-corrected chi connectivity index (χ3v) is 4.72. The van der Waals surface area contributed by atoms with E-state index < -0.39 is 0 Å². The normalized spacial score (nSPS) is 16.5. The average Bonchev–Trinajstić information content (AvgIpc) is 3.17. The monoisotopic (exact) mass is 351 g/mol. The van der Waals surface area contributed by atoms with Gasteiger partial charge in [0.1, 0.15) is 0 Å². The van der Waals surface area contributed by atoms with Gasteiger partial charge in [-0.15, -0.1) is 0 Å². The van der Waals surface area contributed by atoms with Gasteiger partial charge in [-0.2, -0.15) is 0 Å². The molecule has 2 aromatic carbocycles. The summed E-state index contributed by atoms with van der Waals surface area (Å²) in [5.74, 6) is 0.00604. The van der Waals surface area contributed by atoms with Crippen LogP contribution in [-0.4, -0.2) is 36.9 Å². The van der Waals surface area contributed by atoms with Gasteiger partial charge in [0.2, 0.25) is 5.91 Å². The van der Waals surface area contributed by atoms with E-state index in [2.05, 4.69) is 22.8 Å². The molecule has 0 saturated carbocycles. The fourth-order valence-electron chi connectivity index (χ4n) is 3.36. The second-order valence-electron chi connectivity index (χ2n) is 6.55. The van der Waals surface area contributed by atoms with Gasteiger partial charge < -0.3 is 15.5 Å². The van der Waals surface area contributed by atoms with Gasteiger partial charge in [-0.3, -0.25) is 9.59 Å². The van der Waals surface area contributed by atoms with Crippen LogP contribution in [0.3, 0.4) is 0 Å². The molecule has 0 aromatic heterocycles. The minimum absolute atomic E-state index is 0.0397. The molecular formula is C21H25N3O2. The number of hydrogen-bond acceptors (Lipinski definition) is 3. The molecule has 0 aliphatic carbocycles. The molecule has 1 atom stereocenters. The minimum Gasteiger partial charge on any atom is -0.332 e. The van der Waals surface area contributed by atoms with E-state index in [0.29, 0.717) is 24.2 Å². The molecule has 2 aromatic rings. The van der Waals surface area contributed by atoms with Crippen molar-refractivity contribution < 1.29 is 9.59 Å². The first-order valence-corrected chi connectivity index (χ1v) is 9.09. The molecule has 26 heavy (non-hydrogen) atoms. The van der Waals surface area contributed by atoms with Gasteiger partial charge in [0, 0.05) is 30.8 Å². The Kier molecular flexibility index (Phi) is 6.02. The minimum atomic E-state index is -0.0397. The number of benzene rings is 2. The molecule has 1 aliphatic rings. The number of carbonyl (C=O) groups is 2. The highest BCUT2D eigenvalue weighted by molar-refractivity contribution is 5.96. The van der Waals surface area contributed by atoms with Crippen molar-refractivity contribution in [1.29, 1.82) is 0 Å². The lowest BCUT2D eigenvalue weighted by molar-refractivity contribution is -0.116. The van der Waals surface area contributed by atoms with Crippen molar-refractivity contribution in [2.45, 2.75) is 25.3 Å². The highest BCUT2D eigenvalue weighted by Crippen LogP contribution is 2.33. The number of amides is 2. The third kappa shape index (κ3) is 4.29. The lowest BCUT2D eigenvalue weighted by Crippen LogP contribution is -2.30. The van der Waals surface area contributed by atoms with Gasteiger partial charge in [0.15, 0.2) is 0 Å². The van der Waals surface area contributed by atoms with Crippen molar-refractivity contribution >= 4 is 17.5 Å². The maximum Gasteiger partial charge on any atom is 0.254 e. The van der Waals surface area contributed by atoms with Crippen LogP contribution in [0.2, 0.25) is 0 Å². The van der Waals surface area contributed by atoms with E-state index in [9.17, 15) is 9.59 Å². The largest absolute Gasteiger partial charge is 0.332 e. The van der Waals surface area contributed by atoms with E-state index in [1.165, 1.54) is 5.56 Å². The summed E-state index contributed by atoms with van der Waals surface area (Å²) in [6.07, 6.45) is 2.43. The van der Waals surface area contributed by atoms with Gasteiger partial charge >= 0.3 is 0 Å². The molecule has 2 N–H and O–H groups in total. The standard InChI is InChI=1S/C21H25N3O2/c1-22-14-13-20(25)23-18-11-9-17(10-12-18)21(26)24-15-5-8-19(24)16-6-3-2-4-7-16/h2-4,6-7,9-12,19,22H,5,8,13-15H2,1H3,(H,23,25). The first-order chi connectivity index (χ1) is 12.7. The molecule has 3 rings (SSSR count). The molecule has 0 spiro atoms. The summed E-state index contributed by atoms with van der Waals surface area (Å²) in [6.45, 7) is 1.42. The molecule has 1 aliphatic heterocycles. The SMILES string of the molecule is CNCCC(=O)Nc1ccc(C(=O)N2CCCC2c2ccccc2)cc1. The van der Waals surface area contributed by atoms with Crippen LogP contribution in [0.4, 0.5) is 5.69 Å². The quantitative estimate of drug-likeness (QED) is 0.840. The van der Waals surface area contributed by atoms with Crippen molar-refractivity contribution in [2.24, 2.45) is 0 Å². The van der Waals surface area contributed by atoms with Crippen LogP contribution in [0.1, 0.15) is 41.2 Å². The second-order valence-corrected chi connectivity index (χ2v) is 6.55. The topological polar surface area (TPSA) is 61.4 Å². The Hall–Kier alpha value is -2.66. The van der Waals surface area contributed by atoms with E-state index in [-0.39, 0.29) is 17.9 Å². The summed E-state index contributed by atoms with van der Waals surface area (Å²) >= 11 is 0. The highest BCUT2D eigenvalue weighted by Gasteiger charge is 2.30. The first kappa shape index (κ1) is 18.1. The van der Waals surface area contributed by atoms with Crippen molar-refractivity contribution in [1.82, 2.24) is 10.2 Å². The summed E-state index contributed by atoms with van der Waals surface area (Å²) in [6, 6.07) is 17.5. The number of anilines is 1. The smallest absolute Gasteiger partial charge is 0.254 e. The molecule has 1 heterocycles. The van der Waals surface area contributed by atoms with E-state index in [4.69, 9.17) is 0 Å². The fraction of sp³-hybridized carbons (Fsp3) is 0.333. The zero-order chi connectivity index (χ0) is 18.4. The van der Waals surface area contributed by atoms with E-state index in [0.717, 1.165) is 19.4 Å². The fourth-order valence-corrected chi connectivity index (χ4v) is 3.36. The number of carbonyl (C=O) groups excluding carboxylic acids is 2. The Morgan fingerprint density at radius 3 is 2.50 bits per heavy atom. The Balaban J connectivity index is 1.67. The van der Waals surface area contributed by atoms with Crippen LogP contribution < -0.4 is 10.6 Å². The molecule has 1 unspecified atom stereocenters. The Morgan fingerprint density at radius 2 is 1.81 bits per heavy atom.